The van der Waals surface area contributed by atoms with Crippen LogP contribution in [0.4, 0.5) is 5.69 Å². The van der Waals surface area contributed by atoms with Gasteiger partial charge >= 0.3 is 5.97 Å². The van der Waals surface area contributed by atoms with Gasteiger partial charge in [0, 0.05) is 38.8 Å². The van der Waals surface area contributed by atoms with Crippen molar-refractivity contribution in [3.63, 3.8) is 0 Å². The number of esters is 1. The van der Waals surface area contributed by atoms with Crippen molar-refractivity contribution in [1.82, 2.24) is 4.90 Å². The fourth-order valence-electron chi connectivity index (χ4n) is 3.25. The van der Waals surface area contributed by atoms with Gasteiger partial charge < -0.3 is 14.5 Å². The third-order valence-electron chi connectivity index (χ3n) is 5.08. The molecule has 0 bridgehead atoms. The summed E-state index contributed by atoms with van der Waals surface area (Å²) < 4.78 is 5.47. The first kappa shape index (κ1) is 19.0. The highest BCUT2D eigenvalue weighted by atomic mass is 16.5. The lowest BCUT2D eigenvalue weighted by Crippen LogP contribution is -2.48. The van der Waals surface area contributed by atoms with Crippen LogP contribution in [0.5, 0.6) is 5.75 Å². The van der Waals surface area contributed by atoms with Crippen molar-refractivity contribution >= 4 is 17.6 Å². The molecular formula is C22H26N2O3. The van der Waals surface area contributed by atoms with E-state index in [-0.39, 0.29) is 18.3 Å². The Kier molecular flexibility index (Phi) is 5.79. The average molecular weight is 366 g/mol. The van der Waals surface area contributed by atoms with Crippen molar-refractivity contribution in [1.29, 1.82) is 0 Å². The molecule has 1 amide bonds. The number of hydrogen-bond acceptors (Lipinski definition) is 4. The number of amides is 1. The summed E-state index contributed by atoms with van der Waals surface area (Å²) >= 11 is 0. The average Bonchev–Trinajstić information content (AvgIpc) is 2.65. The molecule has 1 fully saturated rings. The highest BCUT2D eigenvalue weighted by molar-refractivity contribution is 5.75. The number of ether oxygens (including phenoxy) is 1. The topological polar surface area (TPSA) is 49.9 Å². The number of nitrogens with zero attached hydrogens (tertiary/aromatic N) is 2. The molecule has 1 aliphatic rings. The Morgan fingerprint density at radius 3 is 2.19 bits per heavy atom. The summed E-state index contributed by atoms with van der Waals surface area (Å²) in [6.45, 7) is 8.80. The lowest BCUT2D eigenvalue weighted by Gasteiger charge is -2.35. The molecule has 2 aromatic carbocycles. The van der Waals surface area contributed by atoms with Crippen LogP contribution in [0.25, 0.3) is 0 Å². The van der Waals surface area contributed by atoms with E-state index in [9.17, 15) is 9.59 Å². The summed E-state index contributed by atoms with van der Waals surface area (Å²) in [4.78, 5) is 27.7. The van der Waals surface area contributed by atoms with Crippen LogP contribution in [0.1, 0.15) is 23.6 Å². The third kappa shape index (κ3) is 4.88. The SMILES string of the molecule is CC(=O)N1CCN(c2ccc(OC(=O)Cc3ccc(C)c(C)c3)cc2)CC1. The molecule has 27 heavy (non-hydrogen) atoms. The number of hydrogen-bond donors (Lipinski definition) is 0. The Bertz CT molecular complexity index is 822. The van der Waals surface area contributed by atoms with Crippen LogP contribution in [-0.4, -0.2) is 43.0 Å². The van der Waals surface area contributed by atoms with Crippen LogP contribution >= 0.6 is 0 Å². The van der Waals surface area contributed by atoms with Gasteiger partial charge in [-0.1, -0.05) is 18.2 Å². The first-order valence-electron chi connectivity index (χ1n) is 9.30. The van der Waals surface area contributed by atoms with Gasteiger partial charge in [0.05, 0.1) is 6.42 Å². The predicted molar refractivity (Wildman–Crippen MR) is 106 cm³/mol. The van der Waals surface area contributed by atoms with Crippen molar-refractivity contribution in [3.8, 4) is 5.75 Å². The summed E-state index contributed by atoms with van der Waals surface area (Å²) in [5, 5.41) is 0. The molecule has 0 saturated carbocycles. The van der Waals surface area contributed by atoms with E-state index in [2.05, 4.69) is 11.8 Å². The first-order valence-corrected chi connectivity index (χ1v) is 9.30. The van der Waals surface area contributed by atoms with Crippen LogP contribution in [-0.2, 0) is 16.0 Å². The summed E-state index contributed by atoms with van der Waals surface area (Å²) in [7, 11) is 0. The van der Waals surface area contributed by atoms with Crippen molar-refractivity contribution < 1.29 is 14.3 Å². The van der Waals surface area contributed by atoms with Gasteiger partial charge in [0.15, 0.2) is 0 Å². The van der Waals surface area contributed by atoms with E-state index >= 15 is 0 Å². The molecule has 2 aromatic rings. The van der Waals surface area contributed by atoms with Gasteiger partial charge in [0.2, 0.25) is 5.91 Å². The highest BCUT2D eigenvalue weighted by Gasteiger charge is 2.18. The predicted octanol–water partition coefficient (Wildman–Crippen LogP) is 3.12. The summed E-state index contributed by atoms with van der Waals surface area (Å²) in [5.41, 5.74) is 4.43. The summed E-state index contributed by atoms with van der Waals surface area (Å²) in [6, 6.07) is 13.6. The molecular weight excluding hydrogens is 340 g/mol. The number of piperazine rings is 1. The molecule has 5 heteroatoms. The minimum Gasteiger partial charge on any atom is -0.426 e. The number of rotatable bonds is 4. The third-order valence-corrected chi connectivity index (χ3v) is 5.08. The second kappa shape index (κ2) is 8.25. The van der Waals surface area contributed by atoms with Crippen LogP contribution < -0.4 is 9.64 Å². The zero-order valence-electron chi connectivity index (χ0n) is 16.2. The van der Waals surface area contributed by atoms with Gasteiger partial charge in [-0.15, -0.1) is 0 Å². The molecule has 0 atom stereocenters. The number of anilines is 1. The van der Waals surface area contributed by atoms with Gasteiger partial charge in [-0.2, -0.15) is 0 Å². The van der Waals surface area contributed by atoms with E-state index in [1.807, 2.05) is 54.3 Å². The van der Waals surface area contributed by atoms with Gasteiger partial charge in [0.1, 0.15) is 5.75 Å². The highest BCUT2D eigenvalue weighted by Crippen LogP contribution is 2.21. The van der Waals surface area contributed by atoms with Crippen molar-refractivity contribution in [2.75, 3.05) is 31.1 Å². The van der Waals surface area contributed by atoms with Gasteiger partial charge in [-0.3, -0.25) is 9.59 Å². The monoisotopic (exact) mass is 366 g/mol. The van der Waals surface area contributed by atoms with Crippen LogP contribution in [0.15, 0.2) is 42.5 Å². The fraction of sp³-hybridized carbons (Fsp3) is 0.364. The van der Waals surface area contributed by atoms with E-state index in [0.29, 0.717) is 5.75 Å². The molecule has 0 aliphatic carbocycles. The Morgan fingerprint density at radius 2 is 1.59 bits per heavy atom. The maximum absolute atomic E-state index is 12.2. The van der Waals surface area contributed by atoms with Crippen molar-refractivity contribution in [3.05, 3.63) is 59.2 Å². The summed E-state index contributed by atoms with van der Waals surface area (Å²) in [6.07, 6.45) is 0.260. The van der Waals surface area contributed by atoms with Gasteiger partial charge in [-0.25, -0.2) is 0 Å². The zero-order chi connectivity index (χ0) is 19.4. The van der Waals surface area contributed by atoms with E-state index in [0.717, 1.165) is 37.4 Å². The molecule has 0 N–H and O–H groups in total. The fourth-order valence-corrected chi connectivity index (χ4v) is 3.25. The molecule has 0 spiro atoms. The molecule has 1 aliphatic heterocycles. The van der Waals surface area contributed by atoms with Gasteiger partial charge in [0.25, 0.3) is 0 Å². The largest absolute Gasteiger partial charge is 0.426 e. The molecule has 0 radical (unpaired) electrons. The number of aryl methyl sites for hydroxylation is 2. The minimum absolute atomic E-state index is 0.126. The van der Waals surface area contributed by atoms with Gasteiger partial charge in [-0.05, 0) is 54.8 Å². The lowest BCUT2D eigenvalue weighted by molar-refractivity contribution is -0.133. The second-order valence-electron chi connectivity index (χ2n) is 7.06. The normalized spacial score (nSPS) is 14.2. The minimum atomic E-state index is -0.263. The van der Waals surface area contributed by atoms with Crippen molar-refractivity contribution in [2.45, 2.75) is 27.2 Å². The number of benzene rings is 2. The molecule has 5 nitrogen and oxygen atoms in total. The molecule has 1 heterocycles. The summed E-state index contributed by atoms with van der Waals surface area (Å²) in [5.74, 6) is 0.414. The Labute approximate surface area is 160 Å². The van der Waals surface area contributed by atoms with E-state index in [1.54, 1.807) is 6.92 Å². The second-order valence-corrected chi connectivity index (χ2v) is 7.06. The smallest absolute Gasteiger partial charge is 0.315 e. The Balaban J connectivity index is 1.55. The maximum atomic E-state index is 12.2. The molecule has 0 unspecified atom stereocenters. The molecule has 142 valence electrons. The zero-order valence-corrected chi connectivity index (χ0v) is 16.2. The Hall–Kier alpha value is -2.82. The number of carbonyl (C=O) groups excluding carboxylic acids is 2. The number of carbonyl (C=O) groups is 2. The standard InChI is InChI=1S/C22H26N2O3/c1-16-4-5-19(14-17(16)2)15-22(26)27-21-8-6-20(7-9-21)24-12-10-23(11-13-24)18(3)25/h4-9,14H,10-13,15H2,1-3H3. The van der Waals surface area contributed by atoms with E-state index < -0.39 is 0 Å². The van der Waals surface area contributed by atoms with Crippen LogP contribution in [0.3, 0.4) is 0 Å². The van der Waals surface area contributed by atoms with E-state index in [4.69, 9.17) is 4.74 Å². The first-order chi connectivity index (χ1) is 12.9. The Morgan fingerprint density at radius 1 is 0.926 bits per heavy atom. The van der Waals surface area contributed by atoms with Crippen molar-refractivity contribution in [2.24, 2.45) is 0 Å². The van der Waals surface area contributed by atoms with Crippen LogP contribution in [0.2, 0.25) is 0 Å². The lowest BCUT2D eigenvalue weighted by atomic mass is 10.0. The quantitative estimate of drug-likeness (QED) is 0.616. The molecule has 0 aromatic heterocycles. The maximum Gasteiger partial charge on any atom is 0.315 e. The molecule has 1 saturated heterocycles. The van der Waals surface area contributed by atoms with Crippen LogP contribution in [0, 0.1) is 13.8 Å². The molecule has 3 rings (SSSR count). The van der Waals surface area contributed by atoms with E-state index in [1.165, 1.54) is 11.1 Å².